The highest BCUT2D eigenvalue weighted by molar-refractivity contribution is 5.93. The monoisotopic (exact) mass is 261 g/mol. The largest absolute Gasteiger partial charge is 0.370 e. The topological polar surface area (TPSA) is 45.2 Å². The molecule has 0 atom stereocenters. The number of amides is 1. The Morgan fingerprint density at radius 3 is 2.58 bits per heavy atom. The van der Waals surface area contributed by atoms with Crippen molar-refractivity contribution in [1.29, 1.82) is 0 Å². The third-order valence-electron chi connectivity index (χ3n) is 3.92. The fourth-order valence-electron chi connectivity index (χ4n) is 2.59. The Bertz CT molecular complexity index is 433. The Morgan fingerprint density at radius 1 is 1.37 bits per heavy atom. The second-order valence-corrected chi connectivity index (χ2v) is 6.00. The van der Waals surface area contributed by atoms with Crippen molar-refractivity contribution < 1.29 is 4.79 Å². The van der Waals surface area contributed by atoms with E-state index in [1.807, 2.05) is 12.1 Å². The van der Waals surface area contributed by atoms with Gasteiger partial charge in [0, 0.05) is 26.8 Å². The molecule has 1 aliphatic carbocycles. The van der Waals surface area contributed by atoms with Gasteiger partial charge in [0.05, 0.1) is 5.56 Å². The summed E-state index contributed by atoms with van der Waals surface area (Å²) in [5.74, 6) is 0.838. The second kappa shape index (κ2) is 5.59. The maximum absolute atomic E-state index is 11.7. The van der Waals surface area contributed by atoms with Gasteiger partial charge in [-0.25, -0.2) is 4.98 Å². The van der Waals surface area contributed by atoms with E-state index in [1.54, 1.807) is 25.2 Å². The van der Waals surface area contributed by atoms with Crippen LogP contribution in [0.4, 0.5) is 5.82 Å². The molecule has 1 saturated carbocycles. The van der Waals surface area contributed by atoms with Crippen molar-refractivity contribution >= 4 is 11.7 Å². The lowest BCUT2D eigenvalue weighted by atomic mass is 9.89. The summed E-state index contributed by atoms with van der Waals surface area (Å²) in [6.07, 6.45) is 6.89. The van der Waals surface area contributed by atoms with Crippen LogP contribution < -0.4 is 5.32 Å². The van der Waals surface area contributed by atoms with Crippen LogP contribution in [-0.2, 0) is 0 Å². The lowest BCUT2D eigenvalue weighted by Crippen LogP contribution is -2.24. The number of nitrogens with zero attached hydrogens (tertiary/aromatic N) is 2. The molecule has 1 N–H and O–H groups in total. The van der Waals surface area contributed by atoms with E-state index in [-0.39, 0.29) is 5.91 Å². The maximum Gasteiger partial charge on any atom is 0.254 e. The van der Waals surface area contributed by atoms with Crippen molar-refractivity contribution in [2.24, 2.45) is 5.41 Å². The van der Waals surface area contributed by atoms with Crippen LogP contribution >= 0.6 is 0 Å². The van der Waals surface area contributed by atoms with Gasteiger partial charge in [0.25, 0.3) is 5.91 Å². The van der Waals surface area contributed by atoms with Gasteiger partial charge in [0.1, 0.15) is 5.82 Å². The van der Waals surface area contributed by atoms with Gasteiger partial charge in [-0.2, -0.15) is 0 Å². The van der Waals surface area contributed by atoms with Gasteiger partial charge in [-0.1, -0.05) is 19.8 Å². The van der Waals surface area contributed by atoms with E-state index in [0.29, 0.717) is 11.0 Å². The van der Waals surface area contributed by atoms with E-state index < -0.39 is 0 Å². The van der Waals surface area contributed by atoms with Crippen LogP contribution in [-0.4, -0.2) is 36.4 Å². The quantitative estimate of drug-likeness (QED) is 0.906. The molecule has 0 spiro atoms. The second-order valence-electron chi connectivity index (χ2n) is 6.00. The molecule has 1 fully saturated rings. The zero-order chi connectivity index (χ0) is 13.9. The molecule has 0 bridgehead atoms. The third kappa shape index (κ3) is 3.46. The van der Waals surface area contributed by atoms with E-state index in [4.69, 9.17) is 0 Å². The van der Waals surface area contributed by atoms with Crippen molar-refractivity contribution in [2.75, 3.05) is 26.0 Å². The zero-order valence-electron chi connectivity index (χ0n) is 12.1. The Hall–Kier alpha value is -1.58. The highest BCUT2D eigenvalue weighted by Crippen LogP contribution is 2.37. The van der Waals surface area contributed by atoms with E-state index in [0.717, 1.165) is 12.4 Å². The van der Waals surface area contributed by atoms with Crippen molar-refractivity contribution in [1.82, 2.24) is 9.88 Å². The van der Waals surface area contributed by atoms with E-state index in [1.165, 1.54) is 25.7 Å². The maximum atomic E-state index is 11.7. The minimum atomic E-state index is -0.0122. The van der Waals surface area contributed by atoms with Crippen LogP contribution in [0.1, 0.15) is 43.0 Å². The highest BCUT2D eigenvalue weighted by Gasteiger charge is 2.28. The summed E-state index contributed by atoms with van der Waals surface area (Å²) in [5, 5.41) is 3.39. The molecule has 19 heavy (non-hydrogen) atoms. The minimum Gasteiger partial charge on any atom is -0.370 e. The minimum absolute atomic E-state index is 0.0122. The molecule has 1 amide bonds. The van der Waals surface area contributed by atoms with Crippen LogP contribution in [0.3, 0.4) is 0 Å². The van der Waals surface area contributed by atoms with E-state index in [2.05, 4.69) is 17.2 Å². The molecule has 4 nitrogen and oxygen atoms in total. The van der Waals surface area contributed by atoms with Crippen LogP contribution in [0.2, 0.25) is 0 Å². The first-order valence-corrected chi connectivity index (χ1v) is 6.92. The number of pyridine rings is 1. The first-order chi connectivity index (χ1) is 9.00. The number of aromatic nitrogens is 1. The molecule has 0 aromatic carbocycles. The van der Waals surface area contributed by atoms with Crippen LogP contribution in [0, 0.1) is 5.41 Å². The highest BCUT2D eigenvalue weighted by atomic mass is 16.2. The first kappa shape index (κ1) is 13.8. The third-order valence-corrected chi connectivity index (χ3v) is 3.92. The molecule has 0 aliphatic heterocycles. The van der Waals surface area contributed by atoms with Gasteiger partial charge >= 0.3 is 0 Å². The van der Waals surface area contributed by atoms with Gasteiger partial charge in [-0.3, -0.25) is 4.79 Å². The Balaban J connectivity index is 1.93. The number of hydrogen-bond donors (Lipinski definition) is 1. The molecule has 1 aliphatic rings. The van der Waals surface area contributed by atoms with Gasteiger partial charge in [0.15, 0.2) is 0 Å². The summed E-state index contributed by atoms with van der Waals surface area (Å²) in [6, 6.07) is 3.71. The number of nitrogens with one attached hydrogen (secondary N) is 1. The zero-order valence-corrected chi connectivity index (χ0v) is 12.1. The summed E-state index contributed by atoms with van der Waals surface area (Å²) in [5.41, 5.74) is 1.03. The molecular formula is C15H23N3O. The van der Waals surface area contributed by atoms with E-state index >= 15 is 0 Å². The van der Waals surface area contributed by atoms with Gasteiger partial charge in [0.2, 0.25) is 0 Å². The molecule has 1 aromatic heterocycles. The molecule has 4 heteroatoms. The summed E-state index contributed by atoms with van der Waals surface area (Å²) in [4.78, 5) is 17.6. The number of anilines is 1. The molecule has 104 valence electrons. The fourth-order valence-corrected chi connectivity index (χ4v) is 2.59. The van der Waals surface area contributed by atoms with Crippen molar-refractivity contribution in [3.63, 3.8) is 0 Å². The molecular weight excluding hydrogens is 238 g/mol. The van der Waals surface area contributed by atoms with Gasteiger partial charge in [-0.15, -0.1) is 0 Å². The molecule has 1 heterocycles. The summed E-state index contributed by atoms with van der Waals surface area (Å²) >= 11 is 0. The molecule has 0 saturated heterocycles. The molecule has 1 aromatic rings. The van der Waals surface area contributed by atoms with Crippen LogP contribution in [0.25, 0.3) is 0 Å². The SMILES string of the molecule is CN(C)C(=O)c1ccc(NCC2(C)CCCC2)nc1. The number of carbonyl (C=O) groups is 1. The van der Waals surface area contributed by atoms with Crippen molar-refractivity contribution in [2.45, 2.75) is 32.6 Å². The van der Waals surface area contributed by atoms with Gasteiger partial charge < -0.3 is 10.2 Å². The lowest BCUT2D eigenvalue weighted by Gasteiger charge is -2.24. The fraction of sp³-hybridized carbons (Fsp3) is 0.600. The lowest BCUT2D eigenvalue weighted by molar-refractivity contribution is 0.0827. The first-order valence-electron chi connectivity index (χ1n) is 6.92. The van der Waals surface area contributed by atoms with Crippen LogP contribution in [0.5, 0.6) is 0 Å². The number of rotatable bonds is 4. The summed E-state index contributed by atoms with van der Waals surface area (Å²) < 4.78 is 0. The predicted molar refractivity (Wildman–Crippen MR) is 77.3 cm³/mol. The normalized spacial score (nSPS) is 17.2. The molecule has 2 rings (SSSR count). The Morgan fingerprint density at radius 2 is 2.05 bits per heavy atom. The Kier molecular flexibility index (Phi) is 4.08. The summed E-state index contributed by atoms with van der Waals surface area (Å²) in [6.45, 7) is 3.29. The number of hydrogen-bond acceptors (Lipinski definition) is 3. The average Bonchev–Trinajstić information content (AvgIpc) is 2.83. The van der Waals surface area contributed by atoms with Crippen molar-refractivity contribution in [3.05, 3.63) is 23.9 Å². The smallest absolute Gasteiger partial charge is 0.254 e. The molecule has 0 radical (unpaired) electrons. The Labute approximate surface area is 115 Å². The predicted octanol–water partition coefficient (Wildman–Crippen LogP) is 2.78. The van der Waals surface area contributed by atoms with Gasteiger partial charge in [-0.05, 0) is 30.4 Å². The molecule has 0 unspecified atom stereocenters. The number of carbonyl (C=O) groups excluding carboxylic acids is 1. The van der Waals surface area contributed by atoms with E-state index in [9.17, 15) is 4.79 Å². The standard InChI is InChI=1S/C15H23N3O/c1-15(8-4-5-9-15)11-17-13-7-6-12(10-16-13)14(19)18(2)3/h6-7,10H,4-5,8-9,11H2,1-3H3,(H,16,17). The average molecular weight is 261 g/mol. The van der Waals surface area contributed by atoms with Crippen LogP contribution in [0.15, 0.2) is 18.3 Å². The summed E-state index contributed by atoms with van der Waals surface area (Å²) in [7, 11) is 3.49. The van der Waals surface area contributed by atoms with Crippen molar-refractivity contribution in [3.8, 4) is 0 Å².